The molecule has 0 unspecified atom stereocenters. The third kappa shape index (κ3) is 5.08. The predicted octanol–water partition coefficient (Wildman–Crippen LogP) is 2.27. The van der Waals surface area contributed by atoms with Crippen LogP contribution in [0, 0.1) is 0 Å². The molecule has 1 aromatic heterocycles. The molecule has 7 heteroatoms. The van der Waals surface area contributed by atoms with Gasteiger partial charge in [0.05, 0.1) is 0 Å². The van der Waals surface area contributed by atoms with Crippen molar-refractivity contribution in [2.75, 3.05) is 31.1 Å². The van der Waals surface area contributed by atoms with E-state index in [0.29, 0.717) is 13.1 Å². The van der Waals surface area contributed by atoms with Gasteiger partial charge in [0.15, 0.2) is 0 Å². The van der Waals surface area contributed by atoms with E-state index in [-0.39, 0.29) is 17.7 Å². The molecule has 19 heavy (non-hydrogen) atoms. The molecule has 1 aliphatic heterocycles. The summed E-state index contributed by atoms with van der Waals surface area (Å²) in [5.41, 5.74) is 0. The number of amides is 2. The molecular formula is C12H16N2O2S3. The Morgan fingerprint density at radius 1 is 1.53 bits per heavy atom. The van der Waals surface area contributed by atoms with Crippen LogP contribution in [0.1, 0.15) is 4.88 Å². The van der Waals surface area contributed by atoms with E-state index < -0.39 is 0 Å². The molecule has 1 aromatic rings. The van der Waals surface area contributed by atoms with Crippen LogP contribution in [0.25, 0.3) is 0 Å². The van der Waals surface area contributed by atoms with E-state index in [1.807, 2.05) is 17.8 Å². The van der Waals surface area contributed by atoms with Crippen molar-refractivity contribution in [3.63, 3.8) is 0 Å². The van der Waals surface area contributed by atoms with Crippen molar-refractivity contribution in [1.82, 2.24) is 10.2 Å². The SMILES string of the molecule is O=C(CN1CCSC1=O)NCCSCc1cccs1. The lowest BCUT2D eigenvalue weighted by Gasteiger charge is -2.13. The van der Waals surface area contributed by atoms with Crippen molar-refractivity contribution < 1.29 is 9.59 Å². The third-order valence-corrected chi connectivity index (χ3v) is 5.53. The lowest BCUT2D eigenvalue weighted by atomic mass is 10.5. The standard InChI is InChI=1S/C12H16N2O2S3/c15-11(8-14-4-7-19-12(14)16)13-3-6-17-9-10-2-1-5-18-10/h1-2,5H,3-4,6-9H2,(H,13,15). The summed E-state index contributed by atoms with van der Waals surface area (Å²) in [6.45, 7) is 1.54. The lowest BCUT2D eigenvalue weighted by Crippen LogP contribution is -2.38. The Kier molecular flexibility index (Phi) is 6.06. The first kappa shape index (κ1) is 14.7. The molecule has 1 saturated heterocycles. The number of thiophene rings is 1. The molecule has 0 atom stereocenters. The fourth-order valence-electron chi connectivity index (χ4n) is 1.63. The largest absolute Gasteiger partial charge is 0.354 e. The van der Waals surface area contributed by atoms with E-state index in [1.165, 1.54) is 16.6 Å². The van der Waals surface area contributed by atoms with Gasteiger partial charge in [0.2, 0.25) is 5.91 Å². The van der Waals surface area contributed by atoms with Crippen LogP contribution < -0.4 is 5.32 Å². The first-order valence-corrected chi connectivity index (χ1v) is 9.06. The maximum absolute atomic E-state index is 11.6. The topological polar surface area (TPSA) is 49.4 Å². The van der Waals surface area contributed by atoms with E-state index in [4.69, 9.17) is 0 Å². The first-order valence-electron chi connectivity index (χ1n) is 6.04. The van der Waals surface area contributed by atoms with Crippen LogP contribution in [-0.2, 0) is 10.5 Å². The zero-order chi connectivity index (χ0) is 13.5. The highest BCUT2D eigenvalue weighted by molar-refractivity contribution is 8.13. The second kappa shape index (κ2) is 7.81. The van der Waals surface area contributed by atoms with Crippen LogP contribution in [0.3, 0.4) is 0 Å². The fourth-order valence-corrected chi connectivity index (χ4v) is 4.15. The lowest BCUT2D eigenvalue weighted by molar-refractivity contribution is -0.121. The number of carbonyl (C=O) groups is 2. The highest BCUT2D eigenvalue weighted by atomic mass is 32.2. The van der Waals surface area contributed by atoms with Gasteiger partial charge in [-0.05, 0) is 11.4 Å². The quantitative estimate of drug-likeness (QED) is 0.784. The summed E-state index contributed by atoms with van der Waals surface area (Å²) in [4.78, 5) is 25.9. The minimum absolute atomic E-state index is 0.0159. The normalized spacial score (nSPS) is 14.9. The van der Waals surface area contributed by atoms with Gasteiger partial charge in [-0.2, -0.15) is 11.8 Å². The van der Waals surface area contributed by atoms with Crippen LogP contribution >= 0.6 is 34.9 Å². The van der Waals surface area contributed by atoms with E-state index in [2.05, 4.69) is 16.8 Å². The molecular weight excluding hydrogens is 300 g/mol. The Balaban J connectivity index is 1.53. The maximum atomic E-state index is 11.6. The number of rotatable bonds is 7. The molecule has 0 aliphatic carbocycles. The van der Waals surface area contributed by atoms with Gasteiger partial charge >= 0.3 is 0 Å². The summed E-state index contributed by atoms with van der Waals surface area (Å²) in [6, 6.07) is 4.17. The van der Waals surface area contributed by atoms with Gasteiger partial charge in [-0.3, -0.25) is 9.59 Å². The van der Waals surface area contributed by atoms with Crippen molar-refractivity contribution in [3.8, 4) is 0 Å². The number of hydrogen-bond acceptors (Lipinski definition) is 5. The van der Waals surface area contributed by atoms with E-state index in [9.17, 15) is 9.59 Å². The molecule has 0 bridgehead atoms. The Hall–Kier alpha value is -0.660. The zero-order valence-electron chi connectivity index (χ0n) is 10.5. The minimum Gasteiger partial charge on any atom is -0.354 e. The van der Waals surface area contributed by atoms with E-state index >= 15 is 0 Å². The van der Waals surface area contributed by atoms with Crippen LogP contribution in [-0.4, -0.2) is 47.2 Å². The van der Waals surface area contributed by atoms with E-state index in [1.54, 1.807) is 16.2 Å². The van der Waals surface area contributed by atoms with Crippen molar-refractivity contribution in [1.29, 1.82) is 0 Å². The third-order valence-electron chi connectivity index (χ3n) is 2.57. The Bertz CT molecular complexity index is 423. The summed E-state index contributed by atoms with van der Waals surface area (Å²) in [5, 5.41) is 4.94. The van der Waals surface area contributed by atoms with Gasteiger partial charge in [-0.1, -0.05) is 17.8 Å². The van der Waals surface area contributed by atoms with Crippen molar-refractivity contribution in [3.05, 3.63) is 22.4 Å². The Morgan fingerprint density at radius 3 is 3.11 bits per heavy atom. The summed E-state index contributed by atoms with van der Waals surface area (Å²) in [5.74, 6) is 2.62. The van der Waals surface area contributed by atoms with Gasteiger partial charge in [0.1, 0.15) is 6.54 Å². The molecule has 0 radical (unpaired) electrons. The molecule has 104 valence electrons. The van der Waals surface area contributed by atoms with Crippen molar-refractivity contribution >= 4 is 46.0 Å². The predicted molar refractivity (Wildman–Crippen MR) is 82.9 cm³/mol. The van der Waals surface area contributed by atoms with Crippen LogP contribution in [0.4, 0.5) is 4.79 Å². The highest BCUT2D eigenvalue weighted by Crippen LogP contribution is 2.17. The smallest absolute Gasteiger partial charge is 0.282 e. The van der Waals surface area contributed by atoms with Gasteiger partial charge in [-0.15, -0.1) is 11.3 Å². The summed E-state index contributed by atoms with van der Waals surface area (Å²) >= 11 is 4.84. The number of carbonyl (C=O) groups excluding carboxylic acids is 2. The fraction of sp³-hybridized carbons (Fsp3) is 0.500. The van der Waals surface area contributed by atoms with Crippen LogP contribution in [0.15, 0.2) is 17.5 Å². The van der Waals surface area contributed by atoms with Crippen molar-refractivity contribution in [2.24, 2.45) is 0 Å². The molecule has 2 amide bonds. The van der Waals surface area contributed by atoms with Crippen molar-refractivity contribution in [2.45, 2.75) is 5.75 Å². The highest BCUT2D eigenvalue weighted by Gasteiger charge is 2.22. The molecule has 1 N–H and O–H groups in total. The summed E-state index contributed by atoms with van der Waals surface area (Å²) < 4.78 is 0. The average Bonchev–Trinajstić information content (AvgIpc) is 3.02. The molecule has 0 aromatic carbocycles. The number of nitrogens with one attached hydrogen (secondary N) is 1. The van der Waals surface area contributed by atoms with Crippen LogP contribution in [0.5, 0.6) is 0 Å². The number of nitrogens with zero attached hydrogens (tertiary/aromatic N) is 1. The monoisotopic (exact) mass is 316 g/mol. The van der Waals surface area contributed by atoms with E-state index in [0.717, 1.165) is 17.3 Å². The molecule has 2 heterocycles. The van der Waals surface area contributed by atoms with Crippen LogP contribution in [0.2, 0.25) is 0 Å². The molecule has 0 saturated carbocycles. The molecule has 4 nitrogen and oxygen atoms in total. The second-order valence-electron chi connectivity index (χ2n) is 4.02. The molecule has 1 fully saturated rings. The first-order chi connectivity index (χ1) is 9.25. The maximum Gasteiger partial charge on any atom is 0.282 e. The van der Waals surface area contributed by atoms with Gasteiger partial charge < -0.3 is 10.2 Å². The number of thioether (sulfide) groups is 2. The summed E-state index contributed by atoms with van der Waals surface area (Å²) in [6.07, 6.45) is 0. The second-order valence-corrected chi connectivity index (χ2v) is 7.20. The van der Waals surface area contributed by atoms with Gasteiger partial charge in [-0.25, -0.2) is 0 Å². The molecule has 2 rings (SSSR count). The Morgan fingerprint density at radius 2 is 2.42 bits per heavy atom. The summed E-state index contributed by atoms with van der Waals surface area (Å²) in [7, 11) is 0. The Labute approximate surface area is 125 Å². The molecule has 1 aliphatic rings. The van der Waals surface area contributed by atoms with Gasteiger partial charge in [0, 0.05) is 35.2 Å². The van der Waals surface area contributed by atoms with Gasteiger partial charge in [0.25, 0.3) is 5.24 Å². The zero-order valence-corrected chi connectivity index (χ0v) is 12.9. The minimum atomic E-state index is -0.0624. The number of hydrogen-bond donors (Lipinski definition) is 1. The average molecular weight is 316 g/mol. The molecule has 0 spiro atoms.